The summed E-state index contributed by atoms with van der Waals surface area (Å²) in [7, 11) is 0. The Balaban J connectivity index is 1.66. The number of aromatic nitrogens is 2. The second kappa shape index (κ2) is 9.09. The van der Waals surface area contributed by atoms with Crippen LogP contribution in [-0.2, 0) is 24.3 Å². The number of hydrogen-bond acceptors (Lipinski definition) is 3. The maximum absolute atomic E-state index is 13.6. The summed E-state index contributed by atoms with van der Waals surface area (Å²) in [5.74, 6) is 0.0930. The zero-order valence-electron chi connectivity index (χ0n) is 18.3. The number of amides is 1. The van der Waals surface area contributed by atoms with E-state index < -0.39 is 0 Å². The average molecular weight is 410 g/mol. The number of fused-ring (bicyclic) bond motifs is 1. The lowest BCUT2D eigenvalue weighted by atomic mass is 9.98. The summed E-state index contributed by atoms with van der Waals surface area (Å²) in [5.41, 5.74) is 7.41. The molecule has 31 heavy (non-hydrogen) atoms. The molecular weight excluding hydrogens is 382 g/mol. The molecule has 4 aromatic rings. The van der Waals surface area contributed by atoms with Crippen LogP contribution in [0.3, 0.4) is 0 Å². The molecule has 0 aliphatic carbocycles. The molecule has 2 aromatic heterocycles. The van der Waals surface area contributed by atoms with Gasteiger partial charge in [-0.1, -0.05) is 48.5 Å². The molecule has 0 aliphatic rings. The molecule has 0 saturated carbocycles. The Labute approximate surface area is 183 Å². The van der Waals surface area contributed by atoms with Crippen LogP contribution in [0.15, 0.2) is 73.1 Å². The van der Waals surface area contributed by atoms with E-state index in [0.717, 1.165) is 38.9 Å². The Morgan fingerprint density at radius 1 is 0.903 bits per heavy atom. The van der Waals surface area contributed by atoms with Crippen molar-refractivity contribution < 1.29 is 4.79 Å². The SMILES string of the molecule is Cc1ccccc1CN(Cc1cccnc1)C(=O)Cc1c(C)nc2ccccc2c1C. The first-order valence-corrected chi connectivity index (χ1v) is 10.6. The number of hydrogen-bond donors (Lipinski definition) is 0. The van der Waals surface area contributed by atoms with E-state index in [2.05, 4.69) is 37.0 Å². The fraction of sp³-hybridized carbons (Fsp3) is 0.222. The Hall–Kier alpha value is -3.53. The highest BCUT2D eigenvalue weighted by molar-refractivity contribution is 5.86. The minimum absolute atomic E-state index is 0.0930. The van der Waals surface area contributed by atoms with Gasteiger partial charge in [-0.3, -0.25) is 14.8 Å². The number of carbonyl (C=O) groups excluding carboxylic acids is 1. The van der Waals surface area contributed by atoms with E-state index in [1.54, 1.807) is 6.20 Å². The van der Waals surface area contributed by atoms with Gasteiger partial charge in [0.15, 0.2) is 0 Å². The van der Waals surface area contributed by atoms with Crippen LogP contribution in [0.4, 0.5) is 0 Å². The largest absolute Gasteiger partial charge is 0.334 e. The molecule has 4 nitrogen and oxygen atoms in total. The van der Waals surface area contributed by atoms with Crippen LogP contribution in [0.1, 0.15) is 33.5 Å². The first-order chi connectivity index (χ1) is 15.0. The van der Waals surface area contributed by atoms with Gasteiger partial charge in [0.2, 0.25) is 5.91 Å². The molecule has 4 heteroatoms. The van der Waals surface area contributed by atoms with Crippen LogP contribution in [0.2, 0.25) is 0 Å². The summed E-state index contributed by atoms with van der Waals surface area (Å²) in [5, 5.41) is 1.11. The number of aryl methyl sites for hydroxylation is 3. The normalized spacial score (nSPS) is 10.9. The van der Waals surface area contributed by atoms with Gasteiger partial charge in [-0.15, -0.1) is 0 Å². The molecule has 0 atom stereocenters. The average Bonchev–Trinajstić information content (AvgIpc) is 2.78. The van der Waals surface area contributed by atoms with Crippen LogP contribution in [0.25, 0.3) is 10.9 Å². The summed E-state index contributed by atoms with van der Waals surface area (Å²) < 4.78 is 0. The molecule has 2 aromatic carbocycles. The van der Waals surface area contributed by atoms with Crippen LogP contribution < -0.4 is 0 Å². The van der Waals surface area contributed by atoms with Gasteiger partial charge in [0.05, 0.1) is 11.9 Å². The van der Waals surface area contributed by atoms with Crippen LogP contribution >= 0.6 is 0 Å². The van der Waals surface area contributed by atoms with Crippen LogP contribution in [0, 0.1) is 20.8 Å². The Morgan fingerprint density at radius 2 is 1.68 bits per heavy atom. The minimum Gasteiger partial charge on any atom is -0.334 e. The van der Waals surface area contributed by atoms with Gasteiger partial charge in [-0.2, -0.15) is 0 Å². The molecule has 0 fully saturated rings. The molecule has 156 valence electrons. The molecule has 0 unspecified atom stereocenters. The van der Waals surface area contributed by atoms with Gasteiger partial charge < -0.3 is 4.90 Å². The molecule has 0 aliphatic heterocycles. The van der Waals surface area contributed by atoms with Crippen LogP contribution in [0.5, 0.6) is 0 Å². The summed E-state index contributed by atoms with van der Waals surface area (Å²) in [6.07, 6.45) is 3.92. The van der Waals surface area contributed by atoms with E-state index in [-0.39, 0.29) is 5.91 Å². The molecule has 0 N–H and O–H groups in total. The predicted octanol–water partition coefficient (Wildman–Crippen LogP) is 5.33. The summed E-state index contributed by atoms with van der Waals surface area (Å²) in [6, 6.07) is 20.3. The standard InChI is InChI=1S/C27H27N3O/c1-19-9-4-5-11-23(19)18-30(17-22-10-8-14-28-16-22)27(31)15-25-20(2)24-12-6-7-13-26(24)29-21(25)3/h4-14,16H,15,17-18H2,1-3H3. The van der Waals surface area contributed by atoms with E-state index in [1.165, 1.54) is 5.56 Å². The highest BCUT2D eigenvalue weighted by Crippen LogP contribution is 2.24. The highest BCUT2D eigenvalue weighted by atomic mass is 16.2. The van der Waals surface area contributed by atoms with E-state index in [1.807, 2.05) is 60.5 Å². The second-order valence-corrected chi connectivity index (χ2v) is 8.03. The zero-order chi connectivity index (χ0) is 21.8. The number of carbonyl (C=O) groups is 1. The van der Waals surface area contributed by atoms with Crippen molar-refractivity contribution in [3.05, 3.63) is 107 Å². The maximum atomic E-state index is 13.6. The zero-order valence-corrected chi connectivity index (χ0v) is 18.3. The second-order valence-electron chi connectivity index (χ2n) is 8.03. The third-order valence-electron chi connectivity index (χ3n) is 5.89. The lowest BCUT2D eigenvalue weighted by molar-refractivity contribution is -0.131. The maximum Gasteiger partial charge on any atom is 0.227 e. The van der Waals surface area contributed by atoms with Gasteiger partial charge in [-0.05, 0) is 60.7 Å². The fourth-order valence-corrected chi connectivity index (χ4v) is 4.03. The van der Waals surface area contributed by atoms with Gasteiger partial charge in [-0.25, -0.2) is 0 Å². The summed E-state index contributed by atoms with van der Waals surface area (Å²) >= 11 is 0. The van der Waals surface area contributed by atoms with Gasteiger partial charge >= 0.3 is 0 Å². The quantitative estimate of drug-likeness (QED) is 0.433. The lowest BCUT2D eigenvalue weighted by Gasteiger charge is -2.25. The third-order valence-corrected chi connectivity index (χ3v) is 5.89. The summed E-state index contributed by atoms with van der Waals surface area (Å²) in [4.78, 5) is 24.4. The van der Waals surface area contributed by atoms with Crippen molar-refractivity contribution in [3.8, 4) is 0 Å². The predicted molar refractivity (Wildman–Crippen MR) is 125 cm³/mol. The van der Waals surface area contributed by atoms with E-state index >= 15 is 0 Å². The minimum atomic E-state index is 0.0930. The Kier molecular flexibility index (Phi) is 6.08. The highest BCUT2D eigenvalue weighted by Gasteiger charge is 2.19. The molecule has 1 amide bonds. The fourth-order valence-electron chi connectivity index (χ4n) is 4.03. The molecule has 0 saturated heterocycles. The molecule has 2 heterocycles. The van der Waals surface area contributed by atoms with Crippen molar-refractivity contribution in [1.29, 1.82) is 0 Å². The van der Waals surface area contributed by atoms with Gasteiger partial charge in [0.1, 0.15) is 0 Å². The van der Waals surface area contributed by atoms with Crippen molar-refractivity contribution in [2.24, 2.45) is 0 Å². The van der Waals surface area contributed by atoms with Gasteiger partial charge in [0, 0.05) is 36.6 Å². The number of benzene rings is 2. The van der Waals surface area contributed by atoms with Crippen molar-refractivity contribution in [2.45, 2.75) is 40.3 Å². The number of rotatable bonds is 6. The number of pyridine rings is 2. The third kappa shape index (κ3) is 4.64. The number of nitrogens with zero attached hydrogens (tertiary/aromatic N) is 3. The molecule has 0 radical (unpaired) electrons. The molecule has 0 bridgehead atoms. The smallest absolute Gasteiger partial charge is 0.227 e. The van der Waals surface area contributed by atoms with Crippen LogP contribution in [-0.4, -0.2) is 20.8 Å². The molecule has 0 spiro atoms. The van der Waals surface area contributed by atoms with Crippen molar-refractivity contribution in [1.82, 2.24) is 14.9 Å². The summed E-state index contributed by atoms with van der Waals surface area (Å²) in [6.45, 7) is 7.27. The first-order valence-electron chi connectivity index (χ1n) is 10.6. The topological polar surface area (TPSA) is 46.1 Å². The molecular formula is C27H27N3O. The van der Waals surface area contributed by atoms with Gasteiger partial charge in [0.25, 0.3) is 0 Å². The Morgan fingerprint density at radius 3 is 2.45 bits per heavy atom. The van der Waals surface area contributed by atoms with Crippen molar-refractivity contribution in [2.75, 3.05) is 0 Å². The van der Waals surface area contributed by atoms with Crippen molar-refractivity contribution in [3.63, 3.8) is 0 Å². The Bertz CT molecular complexity index is 1220. The monoisotopic (exact) mass is 409 g/mol. The first kappa shape index (κ1) is 20.7. The van der Waals surface area contributed by atoms with E-state index in [0.29, 0.717) is 19.5 Å². The van der Waals surface area contributed by atoms with E-state index in [4.69, 9.17) is 4.98 Å². The van der Waals surface area contributed by atoms with Crippen molar-refractivity contribution >= 4 is 16.8 Å². The molecule has 4 rings (SSSR count). The number of para-hydroxylation sites is 1. The van der Waals surface area contributed by atoms with E-state index in [9.17, 15) is 4.79 Å². The lowest BCUT2D eigenvalue weighted by Crippen LogP contribution is -2.32.